The standard InChI is InChI=1S/C14H19FN2O/c1-11-6-7-17(10-16(11)2)9-12-4-5-14(18-3)13(15)8-12/h4-8,11H,9-10H2,1-3H3. The highest BCUT2D eigenvalue weighted by molar-refractivity contribution is 5.29. The molecule has 4 heteroatoms. The van der Waals surface area contributed by atoms with E-state index in [1.807, 2.05) is 6.07 Å². The maximum Gasteiger partial charge on any atom is 0.165 e. The molecule has 1 aromatic carbocycles. The van der Waals surface area contributed by atoms with E-state index in [1.54, 1.807) is 6.07 Å². The lowest BCUT2D eigenvalue weighted by Crippen LogP contribution is -2.40. The van der Waals surface area contributed by atoms with Gasteiger partial charge in [0.1, 0.15) is 0 Å². The van der Waals surface area contributed by atoms with Crippen LogP contribution in [-0.2, 0) is 6.54 Å². The summed E-state index contributed by atoms with van der Waals surface area (Å²) in [6.45, 7) is 3.71. The van der Waals surface area contributed by atoms with Gasteiger partial charge in [-0.05, 0) is 37.9 Å². The smallest absolute Gasteiger partial charge is 0.165 e. The lowest BCUT2D eigenvalue weighted by molar-refractivity contribution is 0.157. The van der Waals surface area contributed by atoms with Gasteiger partial charge < -0.3 is 9.64 Å². The highest BCUT2D eigenvalue weighted by Gasteiger charge is 2.15. The van der Waals surface area contributed by atoms with Crippen molar-refractivity contribution < 1.29 is 9.13 Å². The zero-order chi connectivity index (χ0) is 13.1. The lowest BCUT2D eigenvalue weighted by Gasteiger charge is -2.34. The molecule has 0 spiro atoms. The van der Waals surface area contributed by atoms with Crippen molar-refractivity contribution in [3.8, 4) is 5.75 Å². The first-order chi connectivity index (χ1) is 8.60. The third-order valence-corrected chi connectivity index (χ3v) is 3.28. The fraction of sp³-hybridized carbons (Fsp3) is 0.429. The van der Waals surface area contributed by atoms with Crippen LogP contribution in [0.4, 0.5) is 4.39 Å². The van der Waals surface area contributed by atoms with Crippen molar-refractivity contribution in [1.29, 1.82) is 0 Å². The average Bonchev–Trinajstić information content (AvgIpc) is 2.34. The summed E-state index contributed by atoms with van der Waals surface area (Å²) in [6.07, 6.45) is 4.22. The molecule has 1 aromatic rings. The van der Waals surface area contributed by atoms with Crippen LogP contribution in [0.1, 0.15) is 12.5 Å². The third-order valence-electron chi connectivity index (χ3n) is 3.28. The minimum atomic E-state index is -0.308. The van der Waals surface area contributed by atoms with E-state index in [0.29, 0.717) is 18.3 Å². The van der Waals surface area contributed by atoms with Gasteiger partial charge in [0, 0.05) is 12.6 Å². The SMILES string of the molecule is COc1ccc(CN2C=CC(C)N(C)C2)cc1F. The van der Waals surface area contributed by atoms with Gasteiger partial charge in [0.25, 0.3) is 0 Å². The van der Waals surface area contributed by atoms with Crippen LogP contribution in [0.25, 0.3) is 0 Å². The van der Waals surface area contributed by atoms with Crippen LogP contribution in [0.5, 0.6) is 5.75 Å². The van der Waals surface area contributed by atoms with Gasteiger partial charge in [-0.25, -0.2) is 4.39 Å². The van der Waals surface area contributed by atoms with Crippen LogP contribution >= 0.6 is 0 Å². The maximum atomic E-state index is 13.6. The monoisotopic (exact) mass is 250 g/mol. The fourth-order valence-electron chi connectivity index (χ4n) is 2.00. The summed E-state index contributed by atoms with van der Waals surface area (Å²) in [5.74, 6) is -0.0172. The van der Waals surface area contributed by atoms with Gasteiger partial charge in [0.2, 0.25) is 0 Å². The van der Waals surface area contributed by atoms with Crippen molar-refractivity contribution in [2.45, 2.75) is 19.5 Å². The van der Waals surface area contributed by atoms with E-state index < -0.39 is 0 Å². The molecule has 0 fully saturated rings. The summed E-state index contributed by atoms with van der Waals surface area (Å²) in [5, 5.41) is 0. The Morgan fingerprint density at radius 1 is 1.44 bits per heavy atom. The Morgan fingerprint density at radius 3 is 2.83 bits per heavy atom. The number of nitrogens with zero attached hydrogens (tertiary/aromatic N) is 2. The van der Waals surface area contributed by atoms with Crippen LogP contribution in [0.15, 0.2) is 30.5 Å². The number of likely N-dealkylation sites (N-methyl/N-ethyl adjacent to an activating group) is 1. The summed E-state index contributed by atoms with van der Waals surface area (Å²) >= 11 is 0. The van der Waals surface area contributed by atoms with E-state index in [9.17, 15) is 4.39 Å². The highest BCUT2D eigenvalue weighted by Crippen LogP contribution is 2.19. The van der Waals surface area contributed by atoms with Gasteiger partial charge in [-0.2, -0.15) is 0 Å². The van der Waals surface area contributed by atoms with Crippen molar-refractivity contribution in [3.63, 3.8) is 0 Å². The zero-order valence-corrected chi connectivity index (χ0v) is 11.1. The molecule has 1 atom stereocenters. The largest absolute Gasteiger partial charge is 0.494 e. The van der Waals surface area contributed by atoms with Crippen LogP contribution < -0.4 is 4.74 Å². The Morgan fingerprint density at radius 2 is 2.22 bits per heavy atom. The molecule has 3 nitrogen and oxygen atoms in total. The van der Waals surface area contributed by atoms with Crippen LogP contribution in [0, 0.1) is 5.82 Å². The number of hydrogen-bond acceptors (Lipinski definition) is 3. The van der Waals surface area contributed by atoms with E-state index in [-0.39, 0.29) is 5.82 Å². The molecule has 0 N–H and O–H groups in total. The van der Waals surface area contributed by atoms with Gasteiger partial charge in [-0.3, -0.25) is 4.90 Å². The highest BCUT2D eigenvalue weighted by atomic mass is 19.1. The van der Waals surface area contributed by atoms with Crippen LogP contribution in [-0.4, -0.2) is 36.7 Å². The van der Waals surface area contributed by atoms with Gasteiger partial charge in [0.15, 0.2) is 11.6 Å². The molecule has 0 saturated carbocycles. The van der Waals surface area contributed by atoms with Crippen molar-refractivity contribution in [2.75, 3.05) is 20.8 Å². The molecule has 0 aromatic heterocycles. The number of benzene rings is 1. The second-order valence-electron chi connectivity index (χ2n) is 4.70. The summed E-state index contributed by atoms with van der Waals surface area (Å²) in [4.78, 5) is 4.39. The van der Waals surface area contributed by atoms with E-state index in [1.165, 1.54) is 13.2 Å². The fourth-order valence-corrected chi connectivity index (χ4v) is 2.00. The average molecular weight is 250 g/mol. The van der Waals surface area contributed by atoms with Crippen molar-refractivity contribution in [3.05, 3.63) is 41.9 Å². The van der Waals surface area contributed by atoms with Crippen LogP contribution in [0.3, 0.4) is 0 Å². The first kappa shape index (κ1) is 12.9. The predicted molar refractivity (Wildman–Crippen MR) is 69.7 cm³/mol. The normalized spacial score (nSPS) is 20.2. The van der Waals surface area contributed by atoms with Gasteiger partial charge in [-0.15, -0.1) is 0 Å². The molecule has 18 heavy (non-hydrogen) atoms. The van der Waals surface area contributed by atoms with Gasteiger partial charge in [-0.1, -0.05) is 12.1 Å². The number of hydrogen-bond donors (Lipinski definition) is 0. The van der Waals surface area contributed by atoms with Crippen LogP contribution in [0.2, 0.25) is 0 Å². The van der Waals surface area contributed by atoms with E-state index in [2.05, 4.69) is 36.0 Å². The van der Waals surface area contributed by atoms with Crippen molar-refractivity contribution in [2.24, 2.45) is 0 Å². The van der Waals surface area contributed by atoms with E-state index in [0.717, 1.165) is 12.2 Å². The molecule has 1 unspecified atom stereocenters. The quantitative estimate of drug-likeness (QED) is 0.819. The molecule has 1 heterocycles. The topological polar surface area (TPSA) is 15.7 Å². The van der Waals surface area contributed by atoms with E-state index >= 15 is 0 Å². The number of ether oxygens (including phenoxy) is 1. The Kier molecular flexibility index (Phi) is 3.87. The lowest BCUT2D eigenvalue weighted by atomic mass is 10.2. The molecule has 98 valence electrons. The molecule has 0 radical (unpaired) electrons. The Bertz CT molecular complexity index is 447. The van der Waals surface area contributed by atoms with Gasteiger partial charge >= 0.3 is 0 Å². The number of methoxy groups -OCH3 is 1. The molecule has 0 bridgehead atoms. The number of rotatable bonds is 3. The van der Waals surface area contributed by atoms with Crippen molar-refractivity contribution >= 4 is 0 Å². The molecule has 1 aliphatic heterocycles. The minimum Gasteiger partial charge on any atom is -0.494 e. The third kappa shape index (κ3) is 2.82. The van der Waals surface area contributed by atoms with Gasteiger partial charge in [0.05, 0.1) is 13.8 Å². The Balaban J connectivity index is 2.06. The molecule has 0 saturated heterocycles. The van der Waals surface area contributed by atoms with Crippen molar-refractivity contribution in [1.82, 2.24) is 9.80 Å². The Hall–Kier alpha value is -1.55. The molecule has 0 aliphatic carbocycles. The number of halogens is 1. The maximum absolute atomic E-state index is 13.6. The summed E-state index contributed by atoms with van der Waals surface area (Å²) < 4.78 is 18.5. The molecular weight excluding hydrogens is 231 g/mol. The summed E-state index contributed by atoms with van der Waals surface area (Å²) in [6, 6.07) is 5.55. The first-order valence-electron chi connectivity index (χ1n) is 6.05. The predicted octanol–water partition coefficient (Wildman–Crippen LogP) is 2.44. The van der Waals surface area contributed by atoms with E-state index in [4.69, 9.17) is 4.74 Å². The second kappa shape index (κ2) is 5.40. The Labute approximate surface area is 107 Å². The molecule has 1 aliphatic rings. The zero-order valence-electron chi connectivity index (χ0n) is 11.1. The second-order valence-corrected chi connectivity index (χ2v) is 4.70. The molecule has 0 amide bonds. The molecular formula is C14H19FN2O. The summed E-state index contributed by atoms with van der Waals surface area (Å²) in [5.41, 5.74) is 0.945. The minimum absolute atomic E-state index is 0.290. The molecule has 2 rings (SSSR count). The first-order valence-corrected chi connectivity index (χ1v) is 6.05. The summed E-state index contributed by atoms with van der Waals surface area (Å²) in [7, 11) is 3.55.